The van der Waals surface area contributed by atoms with Crippen LogP contribution in [0.4, 0.5) is 0 Å². The molecule has 1 N–H and O–H groups in total. The Bertz CT molecular complexity index is 350. The molecule has 0 radical (unpaired) electrons. The standard InChI is InChI=1S/C14H21NO2/c1-4-11-15-14(5-2,13(16)17-3)12-9-7-6-8-10-12/h6-10,15H,4-5,11H2,1-3H3. The van der Waals surface area contributed by atoms with Crippen molar-refractivity contribution in [3.8, 4) is 0 Å². The number of carbonyl (C=O) groups is 1. The predicted octanol–water partition coefficient (Wildman–Crippen LogP) is 2.46. The molecule has 0 aliphatic carbocycles. The third-order valence-electron chi connectivity index (χ3n) is 3.01. The van der Waals surface area contributed by atoms with Crippen LogP contribution in [-0.2, 0) is 15.1 Å². The number of methoxy groups -OCH3 is 1. The van der Waals surface area contributed by atoms with Gasteiger partial charge in [-0.05, 0) is 24.9 Å². The Morgan fingerprint density at radius 1 is 1.29 bits per heavy atom. The Balaban J connectivity index is 3.11. The number of hydrogen-bond acceptors (Lipinski definition) is 3. The lowest BCUT2D eigenvalue weighted by Crippen LogP contribution is -2.49. The highest BCUT2D eigenvalue weighted by Crippen LogP contribution is 2.26. The van der Waals surface area contributed by atoms with Gasteiger partial charge in [0, 0.05) is 0 Å². The first-order valence-electron chi connectivity index (χ1n) is 6.10. The van der Waals surface area contributed by atoms with Crippen LogP contribution in [0.15, 0.2) is 30.3 Å². The third kappa shape index (κ3) is 2.86. The molecule has 1 unspecified atom stereocenters. The van der Waals surface area contributed by atoms with Crippen molar-refractivity contribution in [3.05, 3.63) is 35.9 Å². The molecule has 3 nitrogen and oxygen atoms in total. The van der Waals surface area contributed by atoms with Crippen molar-refractivity contribution in [1.29, 1.82) is 0 Å². The van der Waals surface area contributed by atoms with Gasteiger partial charge in [0.2, 0.25) is 0 Å². The molecule has 1 aromatic carbocycles. The minimum Gasteiger partial charge on any atom is -0.467 e. The molecule has 0 saturated heterocycles. The van der Waals surface area contributed by atoms with E-state index in [1.165, 1.54) is 7.11 Å². The largest absolute Gasteiger partial charge is 0.467 e. The average molecular weight is 235 g/mol. The number of hydrogen-bond donors (Lipinski definition) is 1. The number of nitrogens with one attached hydrogen (secondary N) is 1. The van der Waals surface area contributed by atoms with Crippen LogP contribution < -0.4 is 5.32 Å². The molecule has 1 aromatic rings. The summed E-state index contributed by atoms with van der Waals surface area (Å²) in [6.07, 6.45) is 1.65. The van der Waals surface area contributed by atoms with Gasteiger partial charge in [-0.25, -0.2) is 4.79 Å². The van der Waals surface area contributed by atoms with Gasteiger partial charge in [0.1, 0.15) is 5.54 Å². The molecule has 1 rings (SSSR count). The summed E-state index contributed by atoms with van der Waals surface area (Å²) in [5.74, 6) is -0.223. The average Bonchev–Trinajstić information content (AvgIpc) is 2.41. The van der Waals surface area contributed by atoms with Crippen LogP contribution in [0.3, 0.4) is 0 Å². The Kier molecular flexibility index (Phi) is 5.16. The molecule has 0 bridgehead atoms. The van der Waals surface area contributed by atoms with Gasteiger partial charge >= 0.3 is 5.97 Å². The molecule has 0 aliphatic rings. The second-order valence-corrected chi connectivity index (χ2v) is 4.04. The second-order valence-electron chi connectivity index (χ2n) is 4.04. The molecule has 1 atom stereocenters. The van der Waals surface area contributed by atoms with Gasteiger partial charge in [-0.2, -0.15) is 0 Å². The maximum Gasteiger partial charge on any atom is 0.330 e. The van der Waals surface area contributed by atoms with Crippen LogP contribution in [0.1, 0.15) is 32.3 Å². The van der Waals surface area contributed by atoms with Gasteiger partial charge in [-0.3, -0.25) is 5.32 Å². The molecule has 0 spiro atoms. The van der Waals surface area contributed by atoms with E-state index in [4.69, 9.17) is 4.74 Å². The maximum atomic E-state index is 12.1. The van der Waals surface area contributed by atoms with Gasteiger partial charge in [-0.1, -0.05) is 44.2 Å². The van der Waals surface area contributed by atoms with Crippen molar-refractivity contribution in [1.82, 2.24) is 5.32 Å². The number of carbonyl (C=O) groups excluding carboxylic acids is 1. The van der Waals surface area contributed by atoms with E-state index in [1.54, 1.807) is 0 Å². The van der Waals surface area contributed by atoms with Crippen LogP contribution >= 0.6 is 0 Å². The van der Waals surface area contributed by atoms with E-state index in [9.17, 15) is 4.79 Å². The molecule has 0 fully saturated rings. The number of esters is 1. The molecule has 0 heterocycles. The highest BCUT2D eigenvalue weighted by atomic mass is 16.5. The topological polar surface area (TPSA) is 38.3 Å². The van der Waals surface area contributed by atoms with E-state index in [1.807, 2.05) is 37.3 Å². The fraction of sp³-hybridized carbons (Fsp3) is 0.500. The first kappa shape index (κ1) is 13.7. The van der Waals surface area contributed by atoms with Gasteiger partial charge in [-0.15, -0.1) is 0 Å². The normalized spacial score (nSPS) is 14.1. The zero-order valence-electron chi connectivity index (χ0n) is 10.8. The minimum atomic E-state index is -0.716. The Hall–Kier alpha value is -1.35. The van der Waals surface area contributed by atoms with E-state index in [0.29, 0.717) is 6.42 Å². The zero-order chi connectivity index (χ0) is 12.7. The first-order chi connectivity index (χ1) is 8.21. The monoisotopic (exact) mass is 235 g/mol. The molecule has 94 valence electrons. The minimum absolute atomic E-state index is 0.223. The van der Waals surface area contributed by atoms with Crippen molar-refractivity contribution >= 4 is 5.97 Å². The summed E-state index contributed by atoms with van der Waals surface area (Å²) in [7, 11) is 1.43. The van der Waals surface area contributed by atoms with Crippen molar-refractivity contribution in [2.24, 2.45) is 0 Å². The van der Waals surface area contributed by atoms with Crippen LogP contribution in [0.2, 0.25) is 0 Å². The summed E-state index contributed by atoms with van der Waals surface area (Å²) < 4.78 is 4.96. The fourth-order valence-electron chi connectivity index (χ4n) is 2.00. The van der Waals surface area contributed by atoms with Crippen molar-refractivity contribution in [2.75, 3.05) is 13.7 Å². The summed E-state index contributed by atoms with van der Waals surface area (Å²) in [5.41, 5.74) is 0.245. The fourth-order valence-corrected chi connectivity index (χ4v) is 2.00. The summed E-state index contributed by atoms with van der Waals surface area (Å²) in [4.78, 5) is 12.1. The van der Waals surface area contributed by atoms with Crippen molar-refractivity contribution in [2.45, 2.75) is 32.2 Å². The summed E-state index contributed by atoms with van der Waals surface area (Å²) in [6, 6.07) is 9.75. The lowest BCUT2D eigenvalue weighted by Gasteiger charge is -2.31. The number of rotatable bonds is 6. The van der Waals surface area contributed by atoms with Crippen molar-refractivity contribution in [3.63, 3.8) is 0 Å². The lowest BCUT2D eigenvalue weighted by atomic mass is 9.87. The van der Waals surface area contributed by atoms with Crippen LogP contribution in [0.5, 0.6) is 0 Å². The zero-order valence-corrected chi connectivity index (χ0v) is 10.8. The SMILES string of the molecule is CCCNC(CC)(C(=O)OC)c1ccccc1. The second kappa shape index (κ2) is 6.40. The predicted molar refractivity (Wildman–Crippen MR) is 68.7 cm³/mol. The summed E-state index contributed by atoms with van der Waals surface area (Å²) in [6.45, 7) is 4.86. The summed E-state index contributed by atoms with van der Waals surface area (Å²) >= 11 is 0. The Morgan fingerprint density at radius 2 is 1.94 bits per heavy atom. The Labute approximate surface area is 103 Å². The number of benzene rings is 1. The molecular formula is C14H21NO2. The first-order valence-corrected chi connectivity index (χ1v) is 6.10. The van der Waals surface area contributed by atoms with Crippen molar-refractivity contribution < 1.29 is 9.53 Å². The van der Waals surface area contributed by atoms with Crippen LogP contribution in [0, 0.1) is 0 Å². The van der Waals surface area contributed by atoms with Gasteiger partial charge in [0.05, 0.1) is 7.11 Å². The Morgan fingerprint density at radius 3 is 2.41 bits per heavy atom. The van der Waals surface area contributed by atoms with Gasteiger partial charge < -0.3 is 4.74 Å². The van der Waals surface area contributed by atoms with E-state index in [0.717, 1.165) is 18.5 Å². The molecule has 0 amide bonds. The highest BCUT2D eigenvalue weighted by Gasteiger charge is 2.38. The molecular weight excluding hydrogens is 214 g/mol. The van der Waals surface area contributed by atoms with Crippen LogP contribution in [0.25, 0.3) is 0 Å². The quantitative estimate of drug-likeness (QED) is 0.770. The molecule has 3 heteroatoms. The molecule has 0 saturated carbocycles. The lowest BCUT2D eigenvalue weighted by molar-refractivity contribution is -0.149. The van der Waals surface area contributed by atoms with E-state index < -0.39 is 5.54 Å². The van der Waals surface area contributed by atoms with E-state index >= 15 is 0 Å². The molecule has 0 aromatic heterocycles. The molecule has 0 aliphatic heterocycles. The van der Waals surface area contributed by atoms with Gasteiger partial charge in [0.25, 0.3) is 0 Å². The maximum absolute atomic E-state index is 12.1. The van der Waals surface area contributed by atoms with Gasteiger partial charge in [0.15, 0.2) is 0 Å². The molecule has 17 heavy (non-hydrogen) atoms. The number of ether oxygens (including phenoxy) is 1. The highest BCUT2D eigenvalue weighted by molar-refractivity contribution is 5.82. The summed E-state index contributed by atoms with van der Waals surface area (Å²) in [5, 5.41) is 3.33. The smallest absolute Gasteiger partial charge is 0.330 e. The van der Waals surface area contributed by atoms with E-state index in [2.05, 4.69) is 12.2 Å². The third-order valence-corrected chi connectivity index (χ3v) is 3.01. The van der Waals surface area contributed by atoms with E-state index in [-0.39, 0.29) is 5.97 Å². The van der Waals surface area contributed by atoms with Crippen LogP contribution in [-0.4, -0.2) is 19.6 Å².